The van der Waals surface area contributed by atoms with Crippen molar-refractivity contribution in [2.24, 2.45) is 0 Å². The quantitative estimate of drug-likeness (QED) is 0.541. The van der Waals surface area contributed by atoms with Gasteiger partial charge in [0.05, 0.1) is 30.3 Å². The molecule has 198 valence electrons. The Kier molecular flexibility index (Phi) is 6.82. The smallest absolute Gasteiger partial charge is 0.257 e. The van der Waals surface area contributed by atoms with E-state index >= 15 is 0 Å². The molecule has 10 nitrogen and oxygen atoms in total. The zero-order chi connectivity index (χ0) is 26.1. The number of nitrogens with one attached hydrogen (secondary N) is 2. The fourth-order valence-electron chi connectivity index (χ4n) is 5.34. The van der Waals surface area contributed by atoms with Crippen molar-refractivity contribution in [2.45, 2.75) is 31.8 Å². The number of imidazole rings is 1. The van der Waals surface area contributed by atoms with Crippen LogP contribution in [0.2, 0.25) is 0 Å². The minimum Gasteiger partial charge on any atom is -0.378 e. The van der Waals surface area contributed by atoms with Gasteiger partial charge in [-0.2, -0.15) is 0 Å². The van der Waals surface area contributed by atoms with Crippen molar-refractivity contribution >= 4 is 34.7 Å². The average molecular weight is 517 g/mol. The number of piperazine rings is 1. The highest BCUT2D eigenvalue weighted by atomic mass is 16.5. The van der Waals surface area contributed by atoms with Crippen LogP contribution in [0, 0.1) is 0 Å². The van der Waals surface area contributed by atoms with Gasteiger partial charge < -0.3 is 19.5 Å². The summed E-state index contributed by atoms with van der Waals surface area (Å²) in [6.07, 6.45) is 2.65. The van der Waals surface area contributed by atoms with E-state index in [0.29, 0.717) is 60.4 Å². The molecule has 2 saturated heterocycles. The van der Waals surface area contributed by atoms with Crippen LogP contribution in [0.25, 0.3) is 11.0 Å². The topological polar surface area (TPSA) is 109 Å². The van der Waals surface area contributed by atoms with Crippen LogP contribution < -0.4 is 10.6 Å². The molecule has 2 aromatic carbocycles. The second-order valence-electron chi connectivity index (χ2n) is 10.2. The maximum atomic E-state index is 13.3. The molecule has 2 bridgehead atoms. The summed E-state index contributed by atoms with van der Waals surface area (Å²) in [5.74, 6) is -0.0688. The first kappa shape index (κ1) is 24.6. The minimum absolute atomic E-state index is 0.00363. The second kappa shape index (κ2) is 10.5. The Hall–Kier alpha value is -3.76. The Balaban J connectivity index is 1.25. The van der Waals surface area contributed by atoms with Gasteiger partial charge in [-0.1, -0.05) is 6.07 Å². The third-order valence-electron chi connectivity index (χ3n) is 7.69. The van der Waals surface area contributed by atoms with E-state index in [-0.39, 0.29) is 17.7 Å². The second-order valence-corrected chi connectivity index (χ2v) is 10.2. The number of carbonyl (C=O) groups is 3. The van der Waals surface area contributed by atoms with Gasteiger partial charge in [0.15, 0.2) is 0 Å². The molecule has 2 N–H and O–H groups in total. The van der Waals surface area contributed by atoms with E-state index in [2.05, 4.69) is 15.5 Å². The van der Waals surface area contributed by atoms with E-state index in [1.807, 2.05) is 27.7 Å². The molecule has 3 aliphatic rings. The van der Waals surface area contributed by atoms with Gasteiger partial charge in [-0.3, -0.25) is 24.6 Å². The van der Waals surface area contributed by atoms with E-state index in [0.717, 1.165) is 51.1 Å². The van der Waals surface area contributed by atoms with Gasteiger partial charge in [0.25, 0.3) is 17.7 Å². The molecule has 0 unspecified atom stereocenters. The molecule has 3 aromatic rings. The van der Waals surface area contributed by atoms with Gasteiger partial charge in [-0.15, -0.1) is 0 Å². The SMILES string of the molecule is O=C1NCCCCCn2c(nc3cc(C(=O)N4CCN(C5COC5)CC4)ccc32)NC(=O)c2cccc1c2. The lowest BCUT2D eigenvalue weighted by molar-refractivity contribution is -0.0746. The summed E-state index contributed by atoms with van der Waals surface area (Å²) in [6, 6.07) is 12.8. The number of rotatable bonds is 2. The Labute approximate surface area is 220 Å². The molecule has 0 spiro atoms. The van der Waals surface area contributed by atoms with Crippen LogP contribution >= 0.6 is 0 Å². The number of hydrogen-bond acceptors (Lipinski definition) is 6. The molecule has 0 radical (unpaired) electrons. The van der Waals surface area contributed by atoms with Gasteiger partial charge >= 0.3 is 0 Å². The molecule has 0 atom stereocenters. The van der Waals surface area contributed by atoms with Gasteiger partial charge in [-0.05, 0) is 55.7 Å². The number of benzene rings is 2. The molecule has 3 amide bonds. The van der Waals surface area contributed by atoms with Crippen molar-refractivity contribution in [3.05, 3.63) is 59.2 Å². The number of hydrogen-bond donors (Lipinski definition) is 2. The lowest BCUT2D eigenvalue weighted by Gasteiger charge is -2.42. The molecule has 2 fully saturated rings. The van der Waals surface area contributed by atoms with Crippen LogP contribution in [0.5, 0.6) is 0 Å². The Morgan fingerprint density at radius 3 is 2.45 bits per heavy atom. The number of fused-ring (bicyclic) bond motifs is 5. The van der Waals surface area contributed by atoms with Crippen molar-refractivity contribution in [1.29, 1.82) is 0 Å². The Morgan fingerprint density at radius 2 is 1.68 bits per heavy atom. The van der Waals surface area contributed by atoms with Crippen LogP contribution in [0.3, 0.4) is 0 Å². The number of nitrogens with zero attached hydrogens (tertiary/aromatic N) is 4. The first-order valence-electron chi connectivity index (χ1n) is 13.4. The Bertz CT molecular complexity index is 1370. The number of aryl methyl sites for hydroxylation is 1. The third-order valence-corrected chi connectivity index (χ3v) is 7.69. The first-order valence-corrected chi connectivity index (χ1v) is 13.4. The molecule has 0 aliphatic carbocycles. The highest BCUT2D eigenvalue weighted by Crippen LogP contribution is 2.24. The van der Waals surface area contributed by atoms with Crippen molar-refractivity contribution in [3.8, 4) is 0 Å². The molecule has 4 heterocycles. The normalized spacial score (nSPS) is 19.7. The molecule has 1 aromatic heterocycles. The predicted octanol–water partition coefficient (Wildman–Crippen LogP) is 2.36. The minimum atomic E-state index is -0.334. The highest BCUT2D eigenvalue weighted by molar-refractivity contribution is 6.06. The zero-order valence-corrected chi connectivity index (χ0v) is 21.3. The zero-order valence-electron chi connectivity index (χ0n) is 21.3. The van der Waals surface area contributed by atoms with Crippen LogP contribution in [-0.2, 0) is 11.3 Å². The summed E-state index contributed by atoms with van der Waals surface area (Å²) in [5.41, 5.74) is 2.99. The number of amides is 3. The summed E-state index contributed by atoms with van der Waals surface area (Å²) in [5, 5.41) is 5.86. The van der Waals surface area contributed by atoms with Crippen LogP contribution in [0.1, 0.15) is 50.3 Å². The third kappa shape index (κ3) is 4.89. The first-order chi connectivity index (χ1) is 18.6. The van der Waals surface area contributed by atoms with E-state index in [1.54, 1.807) is 24.3 Å². The molecular formula is C28H32N6O4. The molecule has 3 aliphatic heterocycles. The standard InChI is InChI=1S/C28H32N6O4/c35-25-19-5-4-6-20(15-19)26(36)31-28-30-23-16-21(7-8-24(23)34(28)10-3-1-2-9-29-25)27(37)33-13-11-32(12-14-33)22-17-38-18-22/h4-8,15-16,22H,1-3,9-14,17-18H2,(H,29,35)(H,30,31,36). The fourth-order valence-corrected chi connectivity index (χ4v) is 5.34. The van der Waals surface area contributed by atoms with Crippen molar-refractivity contribution in [3.63, 3.8) is 0 Å². The maximum absolute atomic E-state index is 13.3. The molecule has 10 heteroatoms. The summed E-state index contributed by atoms with van der Waals surface area (Å²) < 4.78 is 7.32. The molecular weight excluding hydrogens is 484 g/mol. The van der Waals surface area contributed by atoms with Gasteiger partial charge in [0.1, 0.15) is 0 Å². The number of aromatic nitrogens is 2. The van der Waals surface area contributed by atoms with Crippen molar-refractivity contribution in [2.75, 3.05) is 51.3 Å². The number of carbonyl (C=O) groups excluding carboxylic acids is 3. The predicted molar refractivity (Wildman–Crippen MR) is 142 cm³/mol. The lowest BCUT2D eigenvalue weighted by Crippen LogP contribution is -2.57. The fraction of sp³-hybridized carbons (Fsp3) is 0.429. The van der Waals surface area contributed by atoms with Gasteiger partial charge in [0, 0.05) is 56.0 Å². The Morgan fingerprint density at radius 1 is 0.895 bits per heavy atom. The summed E-state index contributed by atoms with van der Waals surface area (Å²) in [6.45, 7) is 5.92. The summed E-state index contributed by atoms with van der Waals surface area (Å²) >= 11 is 0. The van der Waals surface area contributed by atoms with Crippen LogP contribution in [0.4, 0.5) is 5.95 Å². The highest BCUT2D eigenvalue weighted by Gasteiger charge is 2.30. The molecule has 6 rings (SSSR count). The number of anilines is 1. The van der Waals surface area contributed by atoms with E-state index in [1.165, 1.54) is 0 Å². The summed E-state index contributed by atoms with van der Waals surface area (Å²) in [7, 11) is 0. The monoisotopic (exact) mass is 516 g/mol. The maximum Gasteiger partial charge on any atom is 0.257 e. The van der Waals surface area contributed by atoms with Gasteiger partial charge in [-0.25, -0.2) is 4.98 Å². The van der Waals surface area contributed by atoms with E-state index in [4.69, 9.17) is 9.72 Å². The van der Waals surface area contributed by atoms with Crippen LogP contribution in [-0.4, -0.2) is 89.1 Å². The number of ether oxygens (including phenoxy) is 1. The van der Waals surface area contributed by atoms with E-state index < -0.39 is 0 Å². The summed E-state index contributed by atoms with van der Waals surface area (Å²) in [4.78, 5) is 47.9. The van der Waals surface area contributed by atoms with Crippen molar-refractivity contribution < 1.29 is 19.1 Å². The van der Waals surface area contributed by atoms with Crippen LogP contribution in [0.15, 0.2) is 42.5 Å². The van der Waals surface area contributed by atoms with Gasteiger partial charge in [0.2, 0.25) is 5.95 Å². The van der Waals surface area contributed by atoms with Crippen molar-refractivity contribution in [1.82, 2.24) is 24.7 Å². The molecule has 38 heavy (non-hydrogen) atoms. The largest absolute Gasteiger partial charge is 0.378 e. The molecule has 0 saturated carbocycles. The average Bonchev–Trinajstić information content (AvgIpc) is 3.25. The van der Waals surface area contributed by atoms with E-state index in [9.17, 15) is 14.4 Å². The lowest BCUT2D eigenvalue weighted by atomic mass is 10.1.